The predicted octanol–water partition coefficient (Wildman–Crippen LogP) is 5.25. The van der Waals surface area contributed by atoms with E-state index < -0.39 is 5.60 Å². The van der Waals surface area contributed by atoms with Crippen LogP contribution >= 0.6 is 28.4 Å². The van der Waals surface area contributed by atoms with Crippen molar-refractivity contribution in [2.45, 2.75) is 52.1 Å². The Morgan fingerprint density at radius 2 is 2.00 bits per heavy atom. The third kappa shape index (κ3) is 4.27. The van der Waals surface area contributed by atoms with Gasteiger partial charge in [-0.15, -0.1) is 0 Å². The molecule has 25 heavy (non-hydrogen) atoms. The number of rotatable bonds is 2. The zero-order chi connectivity index (χ0) is 18.2. The van der Waals surface area contributed by atoms with E-state index in [1.54, 1.807) is 0 Å². The molecule has 136 valence electrons. The maximum absolute atomic E-state index is 12.2. The molecule has 2 heterocycles. The second-order valence-electron chi connectivity index (χ2n) is 7.65. The number of benzene rings is 1. The molecule has 1 aliphatic rings. The Bertz CT molecular complexity index is 776. The first-order chi connectivity index (χ1) is 11.8. The number of likely N-dealkylation sites (tertiary alicyclic amines) is 1. The number of ether oxygens (including phenoxy) is 1. The first kappa shape index (κ1) is 18.9. The van der Waals surface area contributed by atoms with E-state index >= 15 is 0 Å². The van der Waals surface area contributed by atoms with Crippen LogP contribution in [0.5, 0.6) is 0 Å². The number of fused-ring (bicyclic) bond motifs is 1. The molecule has 1 atom stereocenters. The van der Waals surface area contributed by atoms with Crippen molar-refractivity contribution < 1.29 is 9.53 Å². The van der Waals surface area contributed by atoms with Gasteiger partial charge in [-0.05, 0) is 91.8 Å². The number of halogens is 1. The molecule has 3 rings (SSSR count). The quantitative estimate of drug-likeness (QED) is 0.442. The highest BCUT2D eigenvalue weighted by Crippen LogP contribution is 2.35. The summed E-state index contributed by atoms with van der Waals surface area (Å²) in [6, 6.07) is 4.54. The standard InChI is InChI=1S/C18H25IN3O2P/c1-12-9-14-11-20-22(25-19)16(14)10-15(12)13-5-7-21(8-6-13)17(23)24-18(2,3)4/h9-11,13,25H,5-8H2,1-4H3. The SMILES string of the molecule is Cc1cc2cnn(PI)c2cc1C1CCN(C(=O)OC(C)(C)C)CC1. The first-order valence-corrected chi connectivity index (χ1v) is 12.7. The Morgan fingerprint density at radius 3 is 2.60 bits per heavy atom. The molecule has 1 aromatic carbocycles. The molecule has 1 aliphatic heterocycles. The van der Waals surface area contributed by atoms with Gasteiger partial charge in [-0.2, -0.15) is 5.10 Å². The van der Waals surface area contributed by atoms with Gasteiger partial charge < -0.3 is 9.64 Å². The summed E-state index contributed by atoms with van der Waals surface area (Å²) in [6.07, 6.45) is 4.32. The van der Waals surface area contributed by atoms with E-state index in [0.717, 1.165) is 25.9 Å². The predicted molar refractivity (Wildman–Crippen MR) is 112 cm³/mol. The van der Waals surface area contributed by atoms with Crippen molar-refractivity contribution in [2.75, 3.05) is 13.1 Å². The van der Waals surface area contributed by atoms with Crippen LogP contribution in [0.3, 0.4) is 0 Å². The fourth-order valence-corrected chi connectivity index (χ4v) is 4.95. The highest BCUT2D eigenvalue weighted by Gasteiger charge is 2.28. The van der Waals surface area contributed by atoms with E-state index in [9.17, 15) is 4.79 Å². The molecule has 1 unspecified atom stereocenters. The molecule has 5 nitrogen and oxygen atoms in total. The number of aryl methyl sites for hydroxylation is 1. The Hall–Kier alpha value is -0.880. The van der Waals surface area contributed by atoms with E-state index in [1.807, 2.05) is 31.9 Å². The maximum Gasteiger partial charge on any atom is 0.410 e. The second-order valence-corrected chi connectivity index (χ2v) is 9.69. The summed E-state index contributed by atoms with van der Waals surface area (Å²) < 4.78 is 7.56. The minimum absolute atomic E-state index is 0.192. The largest absolute Gasteiger partial charge is 0.444 e. The molecule has 1 saturated heterocycles. The lowest BCUT2D eigenvalue weighted by Crippen LogP contribution is -2.41. The number of carbonyl (C=O) groups excluding carboxylic acids is 1. The molecule has 0 spiro atoms. The van der Waals surface area contributed by atoms with Crippen molar-refractivity contribution in [3.63, 3.8) is 0 Å². The first-order valence-electron chi connectivity index (χ1n) is 8.61. The van der Waals surface area contributed by atoms with E-state index in [2.05, 4.69) is 50.6 Å². The lowest BCUT2D eigenvalue weighted by Gasteiger charge is -2.34. The van der Waals surface area contributed by atoms with Crippen molar-refractivity contribution in [2.24, 2.45) is 0 Å². The third-order valence-corrected chi connectivity index (χ3v) is 6.51. The highest BCUT2D eigenvalue weighted by atomic mass is 127. The number of hydrogen-bond donors (Lipinski definition) is 0. The molecule has 1 aromatic heterocycles. The Labute approximate surface area is 163 Å². The van der Waals surface area contributed by atoms with E-state index in [-0.39, 0.29) is 6.09 Å². The number of hydrogen-bond acceptors (Lipinski definition) is 3. The summed E-state index contributed by atoms with van der Waals surface area (Å²) in [6.45, 7) is 9.42. The van der Waals surface area contributed by atoms with Gasteiger partial charge in [-0.1, -0.05) is 0 Å². The summed E-state index contributed by atoms with van der Waals surface area (Å²) in [4.78, 5) is 14.1. The number of piperidine rings is 1. The van der Waals surface area contributed by atoms with Crippen LogP contribution in [0.2, 0.25) is 0 Å². The molecular weight excluding hydrogens is 448 g/mol. The van der Waals surface area contributed by atoms with Crippen molar-refractivity contribution in [3.8, 4) is 0 Å². The van der Waals surface area contributed by atoms with Crippen LogP contribution in [0.1, 0.15) is 50.7 Å². The summed E-state index contributed by atoms with van der Waals surface area (Å²) >= 11 is 2.36. The van der Waals surface area contributed by atoms with Crippen molar-refractivity contribution in [1.82, 2.24) is 14.5 Å². The fraction of sp³-hybridized carbons (Fsp3) is 0.556. The molecule has 2 aromatic rings. The zero-order valence-corrected chi connectivity index (χ0v) is 18.3. The van der Waals surface area contributed by atoms with Crippen molar-refractivity contribution in [1.29, 1.82) is 0 Å². The second kappa shape index (κ2) is 7.39. The van der Waals surface area contributed by atoms with E-state index in [4.69, 9.17) is 4.74 Å². The Balaban J connectivity index is 1.73. The molecular formula is C18H25IN3O2P. The molecule has 1 fully saturated rings. The van der Waals surface area contributed by atoms with Crippen LogP contribution in [0.15, 0.2) is 18.3 Å². The minimum Gasteiger partial charge on any atom is -0.444 e. The van der Waals surface area contributed by atoms with Crippen LogP contribution < -0.4 is 0 Å². The number of nitrogens with zero attached hydrogens (tertiary/aromatic N) is 3. The van der Waals surface area contributed by atoms with Gasteiger partial charge in [0.05, 0.1) is 18.1 Å². The Morgan fingerprint density at radius 1 is 1.32 bits per heavy atom. The minimum atomic E-state index is -0.436. The number of amides is 1. The normalized spacial score (nSPS) is 16.9. The summed E-state index contributed by atoms with van der Waals surface area (Å²) in [5.74, 6) is 0.490. The van der Waals surface area contributed by atoms with Gasteiger partial charge in [0.15, 0.2) is 0 Å². The maximum atomic E-state index is 12.2. The van der Waals surface area contributed by atoms with Gasteiger partial charge in [0, 0.05) is 18.5 Å². The van der Waals surface area contributed by atoms with Crippen LogP contribution in [0, 0.1) is 6.92 Å². The van der Waals surface area contributed by atoms with E-state index in [0.29, 0.717) is 12.3 Å². The number of aromatic nitrogens is 2. The zero-order valence-electron chi connectivity index (χ0n) is 15.2. The van der Waals surface area contributed by atoms with Gasteiger partial charge in [-0.25, -0.2) is 9.25 Å². The lowest BCUT2D eigenvalue weighted by atomic mass is 9.86. The summed E-state index contributed by atoms with van der Waals surface area (Å²) in [5.41, 5.74) is 3.49. The lowest BCUT2D eigenvalue weighted by molar-refractivity contribution is 0.0205. The summed E-state index contributed by atoms with van der Waals surface area (Å²) in [7, 11) is 0. The highest BCUT2D eigenvalue weighted by molar-refractivity contribution is 14.2. The van der Waals surface area contributed by atoms with Crippen LogP contribution in [0.25, 0.3) is 10.9 Å². The van der Waals surface area contributed by atoms with Gasteiger partial charge in [0.25, 0.3) is 0 Å². The molecule has 0 radical (unpaired) electrons. The molecule has 1 amide bonds. The fourth-order valence-electron chi connectivity index (χ4n) is 3.41. The average molecular weight is 473 g/mol. The average Bonchev–Trinajstić information content (AvgIpc) is 2.94. The van der Waals surface area contributed by atoms with Crippen LogP contribution in [0.4, 0.5) is 4.79 Å². The van der Waals surface area contributed by atoms with Crippen molar-refractivity contribution in [3.05, 3.63) is 29.5 Å². The monoisotopic (exact) mass is 473 g/mol. The van der Waals surface area contributed by atoms with Gasteiger partial charge in [-0.3, -0.25) is 0 Å². The van der Waals surface area contributed by atoms with Crippen LogP contribution in [-0.4, -0.2) is 39.2 Å². The third-order valence-electron chi connectivity index (χ3n) is 4.62. The summed E-state index contributed by atoms with van der Waals surface area (Å²) in [5, 5.41) is 5.67. The van der Waals surface area contributed by atoms with Gasteiger partial charge in [0.2, 0.25) is 0 Å². The van der Waals surface area contributed by atoms with Gasteiger partial charge >= 0.3 is 6.09 Å². The van der Waals surface area contributed by atoms with Crippen LogP contribution in [-0.2, 0) is 4.74 Å². The molecule has 0 bridgehead atoms. The topological polar surface area (TPSA) is 47.4 Å². The molecule has 0 saturated carbocycles. The number of carbonyl (C=O) groups is 1. The smallest absolute Gasteiger partial charge is 0.410 e. The molecule has 7 heteroatoms. The van der Waals surface area contributed by atoms with E-state index in [1.165, 1.54) is 22.0 Å². The molecule has 0 N–H and O–H groups in total. The van der Waals surface area contributed by atoms with Crippen molar-refractivity contribution >= 4 is 45.4 Å². The van der Waals surface area contributed by atoms with Gasteiger partial charge in [0.1, 0.15) is 5.60 Å². The Kier molecular flexibility index (Phi) is 5.59. The molecule has 0 aliphatic carbocycles.